The molecule has 0 atom stereocenters. The molecule has 4 nitrogen and oxygen atoms in total. The van der Waals surface area contributed by atoms with Gasteiger partial charge in [0.1, 0.15) is 0 Å². The van der Waals surface area contributed by atoms with E-state index in [1.54, 1.807) is 13.2 Å². The van der Waals surface area contributed by atoms with Gasteiger partial charge in [0.2, 0.25) is 5.91 Å². The maximum atomic E-state index is 12.1. The molecule has 1 aromatic rings. The molecule has 0 saturated carbocycles. The molecule has 5 heteroatoms. The third-order valence-corrected chi connectivity index (χ3v) is 3.84. The van der Waals surface area contributed by atoms with Crippen LogP contribution in [0, 0.1) is 0 Å². The Morgan fingerprint density at radius 2 is 2.06 bits per heavy atom. The average molecular weight is 270 g/mol. The Kier molecular flexibility index (Phi) is 5.75. The number of carbonyl (C=O) groups is 1. The van der Waals surface area contributed by atoms with Crippen molar-refractivity contribution >= 4 is 22.4 Å². The Hall–Kier alpha value is -0.940. The summed E-state index contributed by atoms with van der Waals surface area (Å²) >= 11 is 1.42. The Morgan fingerprint density at radius 3 is 2.50 bits per heavy atom. The van der Waals surface area contributed by atoms with Gasteiger partial charge in [0, 0.05) is 18.6 Å². The maximum absolute atomic E-state index is 12.1. The SMILES string of the molecule is CCCC(O)(CCC)CC(=O)N(C)c1nccs1. The molecule has 0 aliphatic heterocycles. The van der Waals surface area contributed by atoms with Gasteiger partial charge in [0.25, 0.3) is 0 Å². The van der Waals surface area contributed by atoms with Crippen LogP contribution >= 0.6 is 11.3 Å². The summed E-state index contributed by atoms with van der Waals surface area (Å²) < 4.78 is 0. The third kappa shape index (κ3) is 4.07. The lowest BCUT2D eigenvalue weighted by Crippen LogP contribution is -2.37. The van der Waals surface area contributed by atoms with Crippen molar-refractivity contribution in [2.75, 3.05) is 11.9 Å². The van der Waals surface area contributed by atoms with Gasteiger partial charge in [-0.3, -0.25) is 9.69 Å². The van der Waals surface area contributed by atoms with Crippen LogP contribution in [0.25, 0.3) is 0 Å². The van der Waals surface area contributed by atoms with Crippen molar-refractivity contribution in [1.29, 1.82) is 0 Å². The van der Waals surface area contributed by atoms with Gasteiger partial charge in [-0.05, 0) is 12.8 Å². The molecule has 0 unspecified atom stereocenters. The zero-order valence-corrected chi connectivity index (χ0v) is 12.2. The van der Waals surface area contributed by atoms with E-state index in [1.807, 2.05) is 19.2 Å². The number of amides is 1. The standard InChI is InChI=1S/C13H22N2O2S/c1-4-6-13(17,7-5-2)10-11(16)15(3)12-14-8-9-18-12/h8-9,17H,4-7,10H2,1-3H3. The van der Waals surface area contributed by atoms with Crippen LogP contribution in [0.5, 0.6) is 0 Å². The molecule has 102 valence electrons. The molecule has 0 aromatic carbocycles. The second kappa shape index (κ2) is 6.85. The predicted molar refractivity (Wildman–Crippen MR) is 74.9 cm³/mol. The van der Waals surface area contributed by atoms with Crippen LogP contribution in [0.4, 0.5) is 5.13 Å². The number of hydrogen-bond donors (Lipinski definition) is 1. The van der Waals surface area contributed by atoms with Crippen molar-refractivity contribution in [3.63, 3.8) is 0 Å². The topological polar surface area (TPSA) is 53.4 Å². The highest BCUT2D eigenvalue weighted by Gasteiger charge is 2.30. The van der Waals surface area contributed by atoms with Gasteiger partial charge in [-0.15, -0.1) is 11.3 Å². The number of aromatic nitrogens is 1. The van der Waals surface area contributed by atoms with Crippen LogP contribution in [-0.2, 0) is 4.79 Å². The first-order chi connectivity index (χ1) is 8.52. The molecule has 1 heterocycles. The minimum atomic E-state index is -0.869. The van der Waals surface area contributed by atoms with Gasteiger partial charge in [-0.1, -0.05) is 26.7 Å². The molecule has 0 radical (unpaired) electrons. The van der Waals surface area contributed by atoms with Crippen LogP contribution in [0.15, 0.2) is 11.6 Å². The van der Waals surface area contributed by atoms with Crippen LogP contribution in [0.2, 0.25) is 0 Å². The number of aliphatic hydroxyl groups is 1. The predicted octanol–water partition coefficient (Wildman–Crippen LogP) is 2.83. The molecule has 0 spiro atoms. The highest BCUT2D eigenvalue weighted by Crippen LogP contribution is 2.26. The van der Waals surface area contributed by atoms with E-state index in [4.69, 9.17) is 0 Å². The normalized spacial score (nSPS) is 11.6. The van der Waals surface area contributed by atoms with Crippen molar-refractivity contribution in [2.45, 2.75) is 51.6 Å². The highest BCUT2D eigenvalue weighted by atomic mass is 32.1. The second-order valence-electron chi connectivity index (χ2n) is 4.67. The van der Waals surface area contributed by atoms with E-state index in [-0.39, 0.29) is 12.3 Å². The van der Waals surface area contributed by atoms with Crippen LogP contribution in [-0.4, -0.2) is 28.6 Å². The first-order valence-corrected chi connectivity index (χ1v) is 7.29. The monoisotopic (exact) mass is 270 g/mol. The quantitative estimate of drug-likeness (QED) is 0.829. The molecular weight excluding hydrogens is 248 g/mol. The molecule has 1 rings (SSSR count). The van der Waals surface area contributed by atoms with Crippen LogP contribution in [0.1, 0.15) is 46.0 Å². The van der Waals surface area contributed by atoms with Crippen molar-refractivity contribution in [3.8, 4) is 0 Å². The summed E-state index contributed by atoms with van der Waals surface area (Å²) in [5, 5.41) is 13.0. The van der Waals surface area contributed by atoms with E-state index < -0.39 is 5.60 Å². The lowest BCUT2D eigenvalue weighted by atomic mass is 9.89. The van der Waals surface area contributed by atoms with Crippen molar-refractivity contribution in [2.24, 2.45) is 0 Å². The first-order valence-electron chi connectivity index (χ1n) is 6.41. The average Bonchev–Trinajstić information content (AvgIpc) is 2.81. The van der Waals surface area contributed by atoms with Crippen molar-refractivity contribution < 1.29 is 9.90 Å². The smallest absolute Gasteiger partial charge is 0.231 e. The van der Waals surface area contributed by atoms with Gasteiger partial charge >= 0.3 is 0 Å². The van der Waals surface area contributed by atoms with Gasteiger partial charge in [0.05, 0.1) is 12.0 Å². The zero-order chi connectivity index (χ0) is 13.6. The molecule has 0 fully saturated rings. The number of rotatable bonds is 7. The number of thiazole rings is 1. The molecule has 1 aromatic heterocycles. The molecule has 18 heavy (non-hydrogen) atoms. The Labute approximate surface area is 113 Å². The molecule has 0 aliphatic rings. The Bertz CT molecular complexity index is 359. The number of anilines is 1. The minimum absolute atomic E-state index is 0.0747. The van der Waals surface area contributed by atoms with E-state index in [0.717, 1.165) is 12.8 Å². The Balaban J connectivity index is 2.66. The molecule has 0 saturated heterocycles. The van der Waals surface area contributed by atoms with E-state index in [9.17, 15) is 9.90 Å². The lowest BCUT2D eigenvalue weighted by molar-refractivity contribution is -0.123. The second-order valence-corrected chi connectivity index (χ2v) is 5.54. The summed E-state index contributed by atoms with van der Waals surface area (Å²) in [6.45, 7) is 4.05. The summed E-state index contributed by atoms with van der Waals surface area (Å²) in [5.41, 5.74) is -0.869. The molecule has 1 N–H and O–H groups in total. The fraction of sp³-hybridized carbons (Fsp3) is 0.692. The lowest BCUT2D eigenvalue weighted by Gasteiger charge is -2.28. The zero-order valence-electron chi connectivity index (χ0n) is 11.3. The van der Waals surface area contributed by atoms with Gasteiger partial charge < -0.3 is 5.11 Å². The molecular formula is C13H22N2O2S. The minimum Gasteiger partial charge on any atom is -0.389 e. The summed E-state index contributed by atoms with van der Waals surface area (Å²) in [6.07, 6.45) is 4.94. The molecule has 1 amide bonds. The first kappa shape index (κ1) is 15.1. The summed E-state index contributed by atoms with van der Waals surface area (Å²) in [4.78, 5) is 17.8. The number of nitrogens with zero attached hydrogens (tertiary/aromatic N) is 2. The van der Waals surface area contributed by atoms with E-state index in [0.29, 0.717) is 18.0 Å². The van der Waals surface area contributed by atoms with Crippen molar-refractivity contribution in [1.82, 2.24) is 4.98 Å². The third-order valence-electron chi connectivity index (χ3n) is 2.99. The van der Waals surface area contributed by atoms with Gasteiger partial charge in [-0.25, -0.2) is 4.98 Å². The fourth-order valence-corrected chi connectivity index (χ4v) is 2.75. The van der Waals surface area contributed by atoms with E-state index >= 15 is 0 Å². The van der Waals surface area contributed by atoms with Gasteiger partial charge in [-0.2, -0.15) is 0 Å². The van der Waals surface area contributed by atoms with Crippen LogP contribution < -0.4 is 4.90 Å². The molecule has 0 bridgehead atoms. The fourth-order valence-electron chi connectivity index (χ4n) is 2.12. The van der Waals surface area contributed by atoms with Crippen molar-refractivity contribution in [3.05, 3.63) is 11.6 Å². The summed E-state index contributed by atoms with van der Waals surface area (Å²) in [7, 11) is 1.71. The van der Waals surface area contributed by atoms with E-state index in [1.165, 1.54) is 16.2 Å². The highest BCUT2D eigenvalue weighted by molar-refractivity contribution is 7.13. The Morgan fingerprint density at radius 1 is 1.44 bits per heavy atom. The maximum Gasteiger partial charge on any atom is 0.231 e. The summed E-state index contributed by atoms with van der Waals surface area (Å²) in [5.74, 6) is -0.0747. The van der Waals surface area contributed by atoms with Gasteiger partial charge in [0.15, 0.2) is 5.13 Å². The van der Waals surface area contributed by atoms with E-state index in [2.05, 4.69) is 4.98 Å². The molecule has 0 aliphatic carbocycles. The van der Waals surface area contributed by atoms with Crippen LogP contribution in [0.3, 0.4) is 0 Å². The largest absolute Gasteiger partial charge is 0.389 e. The number of carbonyl (C=O) groups excluding carboxylic acids is 1. The summed E-state index contributed by atoms with van der Waals surface area (Å²) in [6, 6.07) is 0. The number of hydrogen-bond acceptors (Lipinski definition) is 4.